The summed E-state index contributed by atoms with van der Waals surface area (Å²) in [5, 5.41) is 7.33. The number of morpholine rings is 1. The Morgan fingerprint density at radius 3 is 2.50 bits per heavy atom. The zero-order chi connectivity index (χ0) is 20.5. The minimum Gasteiger partial charge on any atom is -0.449 e. The average Bonchev–Trinajstić information content (AvgIpc) is 3.08. The third-order valence-electron chi connectivity index (χ3n) is 4.00. The molecule has 28 heavy (non-hydrogen) atoms. The average molecular weight is 450 g/mol. The van der Waals surface area contributed by atoms with Crippen LogP contribution >= 0.6 is 23.2 Å². The highest BCUT2D eigenvalue weighted by molar-refractivity contribution is 7.89. The molecule has 2 heterocycles. The summed E-state index contributed by atoms with van der Waals surface area (Å²) < 4.78 is 42.7. The van der Waals surface area contributed by atoms with Crippen LogP contribution in [0, 0.1) is 6.92 Å². The van der Waals surface area contributed by atoms with Crippen LogP contribution in [0.4, 0.5) is 0 Å². The molecule has 0 aliphatic carbocycles. The van der Waals surface area contributed by atoms with Crippen molar-refractivity contribution in [1.29, 1.82) is 0 Å². The molecule has 152 valence electrons. The number of rotatable bonds is 5. The second kappa shape index (κ2) is 8.34. The fourth-order valence-corrected chi connectivity index (χ4v) is 4.79. The van der Waals surface area contributed by atoms with Crippen LogP contribution in [-0.2, 0) is 19.5 Å². The van der Waals surface area contributed by atoms with Gasteiger partial charge < -0.3 is 13.9 Å². The Labute approximate surface area is 171 Å². The van der Waals surface area contributed by atoms with Crippen LogP contribution in [0.25, 0.3) is 0 Å². The number of aryl methyl sites for hydroxylation is 1. The number of halogens is 2. The molecule has 0 spiro atoms. The molecule has 0 radical (unpaired) electrons. The quantitative estimate of drug-likeness (QED) is 0.640. The number of hydrogen-bond acceptors (Lipinski definition) is 8. The van der Waals surface area contributed by atoms with Crippen LogP contribution in [0.2, 0.25) is 10.0 Å². The van der Waals surface area contributed by atoms with Gasteiger partial charge in [0.2, 0.25) is 15.9 Å². The van der Waals surface area contributed by atoms with Crippen LogP contribution in [0.5, 0.6) is 0 Å². The van der Waals surface area contributed by atoms with Gasteiger partial charge >= 0.3 is 5.97 Å². The predicted octanol–water partition coefficient (Wildman–Crippen LogP) is 2.62. The molecule has 1 fully saturated rings. The van der Waals surface area contributed by atoms with E-state index >= 15 is 0 Å². The molecule has 0 N–H and O–H groups in total. The zero-order valence-electron chi connectivity index (χ0n) is 15.0. The maximum atomic E-state index is 12.9. The smallest absolute Gasteiger partial charge is 0.340 e. The van der Waals surface area contributed by atoms with Gasteiger partial charge in [0.1, 0.15) is 4.90 Å². The first-order valence-corrected chi connectivity index (χ1v) is 10.5. The summed E-state index contributed by atoms with van der Waals surface area (Å²) >= 11 is 12.2. The summed E-state index contributed by atoms with van der Waals surface area (Å²) in [4.78, 5) is 12.3. The molecule has 1 aliphatic rings. The van der Waals surface area contributed by atoms with Gasteiger partial charge in [-0.25, -0.2) is 13.2 Å². The summed E-state index contributed by atoms with van der Waals surface area (Å²) in [6, 6.07) is 2.32. The zero-order valence-corrected chi connectivity index (χ0v) is 17.3. The van der Waals surface area contributed by atoms with Crippen LogP contribution in [-0.4, -0.2) is 55.2 Å². The Morgan fingerprint density at radius 1 is 1.21 bits per heavy atom. The number of sulfonamides is 1. The number of ether oxygens (including phenoxy) is 2. The highest BCUT2D eigenvalue weighted by Gasteiger charge is 2.31. The lowest BCUT2D eigenvalue weighted by Crippen LogP contribution is -2.40. The van der Waals surface area contributed by atoms with Gasteiger partial charge in [0.25, 0.3) is 5.89 Å². The van der Waals surface area contributed by atoms with E-state index in [2.05, 4.69) is 10.2 Å². The lowest BCUT2D eigenvalue weighted by Gasteiger charge is -2.26. The molecule has 0 bridgehead atoms. The van der Waals surface area contributed by atoms with Gasteiger partial charge in [0, 0.05) is 20.0 Å². The third kappa shape index (κ3) is 4.31. The Balaban J connectivity index is 1.89. The van der Waals surface area contributed by atoms with Gasteiger partial charge in [-0.15, -0.1) is 10.2 Å². The fraction of sp³-hybridized carbons (Fsp3) is 0.438. The normalized spacial score (nSPS) is 16.7. The number of aromatic nitrogens is 2. The number of carbonyl (C=O) groups excluding carboxylic acids is 1. The van der Waals surface area contributed by atoms with Crippen molar-refractivity contribution in [3.8, 4) is 0 Å². The van der Waals surface area contributed by atoms with Crippen LogP contribution in [0.1, 0.15) is 35.2 Å². The molecule has 0 amide bonds. The number of benzene rings is 1. The van der Waals surface area contributed by atoms with Crippen molar-refractivity contribution < 1.29 is 27.1 Å². The highest BCUT2D eigenvalue weighted by atomic mass is 35.5. The molecule has 3 rings (SSSR count). The van der Waals surface area contributed by atoms with E-state index in [1.807, 2.05) is 0 Å². The standard InChI is InChI=1S/C16H17Cl2N3O6S/c1-9(15-20-19-10(2)27-15)26-16(22)11-7-14(13(18)8-12(11)17)28(23,24)21-3-5-25-6-4-21/h7-9H,3-6H2,1-2H3. The van der Waals surface area contributed by atoms with Crippen molar-refractivity contribution in [3.63, 3.8) is 0 Å². The SMILES string of the molecule is Cc1nnc(C(C)OC(=O)c2cc(S(=O)(=O)N3CCOCC3)c(Cl)cc2Cl)o1. The number of nitrogens with zero attached hydrogens (tertiary/aromatic N) is 3. The maximum absolute atomic E-state index is 12.9. The molecular weight excluding hydrogens is 433 g/mol. The van der Waals surface area contributed by atoms with E-state index in [1.165, 1.54) is 10.4 Å². The first-order chi connectivity index (χ1) is 13.2. The van der Waals surface area contributed by atoms with Gasteiger partial charge in [-0.3, -0.25) is 0 Å². The topological polar surface area (TPSA) is 112 Å². The largest absolute Gasteiger partial charge is 0.449 e. The molecule has 2 aromatic rings. The molecule has 1 unspecified atom stereocenters. The summed E-state index contributed by atoms with van der Waals surface area (Å²) in [5.74, 6) is -0.415. The molecule has 1 aromatic carbocycles. The van der Waals surface area contributed by atoms with E-state index in [-0.39, 0.29) is 52.7 Å². The van der Waals surface area contributed by atoms with Crippen LogP contribution < -0.4 is 0 Å². The van der Waals surface area contributed by atoms with E-state index in [9.17, 15) is 13.2 Å². The lowest BCUT2D eigenvalue weighted by atomic mass is 10.2. The molecule has 1 aromatic heterocycles. The summed E-state index contributed by atoms with van der Waals surface area (Å²) in [5.41, 5.74) is -0.138. The Hall–Kier alpha value is -1.72. The molecule has 9 nitrogen and oxygen atoms in total. The minimum absolute atomic E-state index is 0.0372. The summed E-state index contributed by atoms with van der Waals surface area (Å²) in [7, 11) is -3.93. The van der Waals surface area contributed by atoms with Crippen molar-refractivity contribution >= 4 is 39.2 Å². The van der Waals surface area contributed by atoms with Crippen molar-refractivity contribution in [1.82, 2.24) is 14.5 Å². The van der Waals surface area contributed by atoms with Gasteiger partial charge in [0.15, 0.2) is 6.10 Å². The second-order valence-electron chi connectivity index (χ2n) is 5.99. The summed E-state index contributed by atoms with van der Waals surface area (Å²) in [6.07, 6.45) is -0.847. The van der Waals surface area contributed by atoms with Gasteiger partial charge in [0.05, 0.1) is 28.8 Å². The van der Waals surface area contributed by atoms with E-state index in [0.29, 0.717) is 5.89 Å². The molecular formula is C16H17Cl2N3O6S. The molecule has 1 saturated heterocycles. The van der Waals surface area contributed by atoms with Crippen LogP contribution in [0.3, 0.4) is 0 Å². The highest BCUT2D eigenvalue weighted by Crippen LogP contribution is 2.32. The van der Waals surface area contributed by atoms with Crippen LogP contribution in [0.15, 0.2) is 21.4 Å². The first kappa shape index (κ1) is 21.0. The number of carbonyl (C=O) groups is 1. The van der Waals surface area contributed by atoms with Crippen molar-refractivity contribution in [2.45, 2.75) is 24.8 Å². The van der Waals surface area contributed by atoms with E-state index < -0.39 is 22.1 Å². The van der Waals surface area contributed by atoms with E-state index in [0.717, 1.165) is 6.07 Å². The Bertz CT molecular complexity index is 988. The number of hydrogen-bond donors (Lipinski definition) is 0. The summed E-state index contributed by atoms with van der Waals surface area (Å²) in [6.45, 7) is 4.08. The van der Waals surface area contributed by atoms with Gasteiger partial charge in [-0.05, 0) is 19.1 Å². The lowest BCUT2D eigenvalue weighted by molar-refractivity contribution is 0.0276. The minimum atomic E-state index is -3.93. The second-order valence-corrected chi connectivity index (χ2v) is 8.71. The van der Waals surface area contributed by atoms with Crippen molar-refractivity contribution in [2.75, 3.05) is 26.3 Å². The van der Waals surface area contributed by atoms with E-state index in [1.54, 1.807) is 13.8 Å². The van der Waals surface area contributed by atoms with Gasteiger partial charge in [-0.2, -0.15) is 4.31 Å². The van der Waals surface area contributed by atoms with Crippen molar-refractivity contribution in [3.05, 3.63) is 39.5 Å². The maximum Gasteiger partial charge on any atom is 0.340 e. The Morgan fingerprint density at radius 2 is 1.89 bits per heavy atom. The van der Waals surface area contributed by atoms with E-state index in [4.69, 9.17) is 37.1 Å². The number of esters is 1. The van der Waals surface area contributed by atoms with Crippen molar-refractivity contribution in [2.24, 2.45) is 0 Å². The third-order valence-corrected chi connectivity index (χ3v) is 6.68. The first-order valence-electron chi connectivity index (χ1n) is 8.28. The molecule has 0 saturated carbocycles. The molecule has 1 atom stereocenters. The predicted molar refractivity (Wildman–Crippen MR) is 98.9 cm³/mol. The Kier molecular flexibility index (Phi) is 6.25. The molecule has 12 heteroatoms. The monoisotopic (exact) mass is 449 g/mol. The van der Waals surface area contributed by atoms with Gasteiger partial charge in [-0.1, -0.05) is 23.2 Å². The molecule has 1 aliphatic heterocycles. The fourth-order valence-electron chi connectivity index (χ4n) is 2.56.